The minimum atomic E-state index is -5.08. The Labute approximate surface area is 236 Å². The summed E-state index contributed by atoms with van der Waals surface area (Å²) in [6.45, 7) is 3.48. The zero-order valence-electron chi connectivity index (χ0n) is 22.2. The molecule has 0 atom stereocenters. The molecule has 42 heavy (non-hydrogen) atoms. The normalized spacial score (nSPS) is 14.7. The van der Waals surface area contributed by atoms with Gasteiger partial charge >= 0.3 is 18.3 Å². The molecule has 1 aliphatic heterocycles. The van der Waals surface area contributed by atoms with Gasteiger partial charge in [-0.3, -0.25) is 4.79 Å². The molecule has 3 N–H and O–H groups in total. The van der Waals surface area contributed by atoms with Crippen molar-refractivity contribution in [3.63, 3.8) is 0 Å². The van der Waals surface area contributed by atoms with Gasteiger partial charge in [-0.05, 0) is 67.7 Å². The van der Waals surface area contributed by atoms with Gasteiger partial charge in [0.2, 0.25) is 5.82 Å². The highest BCUT2D eigenvalue weighted by Gasteiger charge is 2.39. The predicted octanol–water partition coefficient (Wildman–Crippen LogP) is 4.41. The van der Waals surface area contributed by atoms with Gasteiger partial charge in [0.05, 0.1) is 21.7 Å². The average molecular weight is 623 g/mol. The quantitative estimate of drug-likeness (QED) is 0.333. The van der Waals surface area contributed by atoms with Gasteiger partial charge in [-0.15, -0.1) is 0 Å². The number of carboxylic acids is 1. The minimum absolute atomic E-state index is 0.00472. The number of carboxylic acid groups (broad SMARTS) is 1. The van der Waals surface area contributed by atoms with Crippen LogP contribution in [0.1, 0.15) is 41.5 Å². The van der Waals surface area contributed by atoms with Crippen molar-refractivity contribution in [3.8, 4) is 0 Å². The van der Waals surface area contributed by atoms with Crippen LogP contribution in [-0.2, 0) is 33.9 Å². The Morgan fingerprint density at radius 1 is 1.05 bits per heavy atom. The van der Waals surface area contributed by atoms with Crippen LogP contribution in [0.2, 0.25) is 0 Å². The average Bonchev–Trinajstić information content (AvgIpc) is 3.30. The van der Waals surface area contributed by atoms with E-state index < -0.39 is 39.9 Å². The van der Waals surface area contributed by atoms with Gasteiger partial charge < -0.3 is 20.3 Å². The predicted molar refractivity (Wildman–Crippen MR) is 139 cm³/mol. The highest BCUT2D eigenvalue weighted by atomic mass is 32.2. The summed E-state index contributed by atoms with van der Waals surface area (Å²) in [5.74, 6) is -4.05. The van der Waals surface area contributed by atoms with Gasteiger partial charge in [0.15, 0.2) is 9.84 Å². The molecule has 4 rings (SSSR count). The van der Waals surface area contributed by atoms with Gasteiger partial charge in [-0.25, -0.2) is 18.2 Å². The van der Waals surface area contributed by atoms with Crippen molar-refractivity contribution in [1.82, 2.24) is 20.2 Å². The zero-order valence-corrected chi connectivity index (χ0v) is 23.0. The number of hydrogen-bond donors (Lipinski definition) is 3. The molecule has 0 unspecified atom stereocenters. The standard InChI is InChI=1S/C24H27F3N4O3S.C2HF3O2/c1-2-35(33,34)19-6-3-16(4-7-19)14-29-22(32)18-5-8-21-20(13-18)30-23(24(25,26)27)31(21)15-17-9-11-28-12-10-17;3-2(4,5)1(6)7/h3-8,13,17,28H,2,9-12,14-15H2,1H3,(H,29,32);(H,6,7). The van der Waals surface area contributed by atoms with Crippen LogP contribution in [0.15, 0.2) is 47.4 Å². The number of nitrogens with zero attached hydrogens (tertiary/aromatic N) is 2. The van der Waals surface area contributed by atoms with E-state index in [0.717, 1.165) is 25.9 Å². The molecule has 0 aliphatic carbocycles. The monoisotopic (exact) mass is 622 g/mol. The smallest absolute Gasteiger partial charge is 0.475 e. The van der Waals surface area contributed by atoms with E-state index in [1.807, 2.05) is 0 Å². The van der Waals surface area contributed by atoms with Crippen molar-refractivity contribution in [2.24, 2.45) is 5.92 Å². The van der Waals surface area contributed by atoms with Crippen molar-refractivity contribution >= 4 is 32.7 Å². The van der Waals surface area contributed by atoms with Crippen LogP contribution < -0.4 is 10.6 Å². The summed E-state index contributed by atoms with van der Waals surface area (Å²) in [6.07, 6.45) is -8.10. The number of carbonyl (C=O) groups excluding carboxylic acids is 1. The lowest BCUT2D eigenvalue weighted by Crippen LogP contribution is -2.30. The second-order valence-corrected chi connectivity index (χ2v) is 11.8. The second-order valence-electron chi connectivity index (χ2n) is 9.47. The second kappa shape index (κ2) is 13.1. The molecule has 0 spiro atoms. The van der Waals surface area contributed by atoms with Gasteiger partial charge in [-0.1, -0.05) is 19.1 Å². The summed E-state index contributed by atoms with van der Waals surface area (Å²) in [6, 6.07) is 10.6. The van der Waals surface area contributed by atoms with E-state index in [2.05, 4.69) is 15.6 Å². The molecule has 1 aromatic heterocycles. The highest BCUT2D eigenvalue weighted by molar-refractivity contribution is 7.91. The number of benzene rings is 2. The van der Waals surface area contributed by atoms with E-state index >= 15 is 0 Å². The maximum Gasteiger partial charge on any atom is 0.490 e. The molecule has 9 nitrogen and oxygen atoms in total. The maximum atomic E-state index is 13.7. The number of piperidine rings is 1. The summed E-state index contributed by atoms with van der Waals surface area (Å²) < 4.78 is 98.0. The number of alkyl halides is 6. The first-order valence-electron chi connectivity index (χ1n) is 12.7. The van der Waals surface area contributed by atoms with Gasteiger partial charge in [-0.2, -0.15) is 26.3 Å². The molecule has 2 aromatic carbocycles. The molecule has 1 fully saturated rings. The van der Waals surface area contributed by atoms with Gasteiger partial charge in [0, 0.05) is 18.7 Å². The van der Waals surface area contributed by atoms with Gasteiger partial charge in [0.25, 0.3) is 5.91 Å². The molecule has 2 heterocycles. The molecule has 3 aromatic rings. The van der Waals surface area contributed by atoms with Crippen LogP contribution in [0.5, 0.6) is 0 Å². The van der Waals surface area contributed by atoms with Crippen LogP contribution in [0.3, 0.4) is 0 Å². The number of nitrogens with one attached hydrogen (secondary N) is 2. The molecule has 16 heteroatoms. The fraction of sp³-hybridized carbons (Fsp3) is 0.423. The fourth-order valence-corrected chi connectivity index (χ4v) is 5.14. The molecule has 1 aliphatic rings. The molecule has 230 valence electrons. The Balaban J connectivity index is 0.000000616. The Hall–Kier alpha value is -3.66. The van der Waals surface area contributed by atoms with Crippen molar-refractivity contribution in [1.29, 1.82) is 0 Å². The van der Waals surface area contributed by atoms with Crippen molar-refractivity contribution in [2.45, 2.75) is 50.1 Å². The molecule has 1 saturated heterocycles. The Bertz CT molecular complexity index is 1510. The SMILES string of the molecule is CCS(=O)(=O)c1ccc(CNC(=O)c2ccc3c(c2)nc(C(F)(F)F)n3CC2CCNCC2)cc1.O=C(O)C(F)(F)F. The first-order valence-corrected chi connectivity index (χ1v) is 14.4. The van der Waals surface area contributed by atoms with E-state index in [1.54, 1.807) is 19.1 Å². The topological polar surface area (TPSA) is 130 Å². The molecule has 1 amide bonds. The zero-order chi connectivity index (χ0) is 31.3. The number of rotatable bonds is 7. The maximum absolute atomic E-state index is 13.7. The lowest BCUT2D eigenvalue weighted by molar-refractivity contribution is -0.192. The Kier molecular flexibility index (Phi) is 10.3. The van der Waals surface area contributed by atoms with Gasteiger partial charge in [0.1, 0.15) is 0 Å². The lowest BCUT2D eigenvalue weighted by atomic mass is 9.98. The van der Waals surface area contributed by atoms with Crippen molar-refractivity contribution in [3.05, 3.63) is 59.4 Å². The van der Waals surface area contributed by atoms with Crippen LogP contribution in [0, 0.1) is 5.92 Å². The third-order valence-corrected chi connectivity index (χ3v) is 8.27. The number of sulfone groups is 1. The lowest BCUT2D eigenvalue weighted by Gasteiger charge is -2.24. The van der Waals surface area contributed by atoms with Crippen LogP contribution in [0.4, 0.5) is 26.3 Å². The number of aliphatic carboxylic acids is 1. The summed E-state index contributed by atoms with van der Waals surface area (Å²) in [5.41, 5.74) is 1.36. The summed E-state index contributed by atoms with van der Waals surface area (Å²) in [4.78, 5) is 25.6. The van der Waals surface area contributed by atoms with Crippen LogP contribution in [0.25, 0.3) is 11.0 Å². The number of amides is 1. The third kappa shape index (κ3) is 8.44. The van der Waals surface area contributed by atoms with E-state index in [4.69, 9.17) is 9.90 Å². The molecule has 0 bridgehead atoms. The van der Waals surface area contributed by atoms with Crippen LogP contribution >= 0.6 is 0 Å². The molecule has 0 radical (unpaired) electrons. The summed E-state index contributed by atoms with van der Waals surface area (Å²) in [5, 5.41) is 13.1. The number of aromatic nitrogens is 2. The van der Waals surface area contributed by atoms with E-state index in [0.29, 0.717) is 11.1 Å². The number of halogens is 6. The first-order chi connectivity index (χ1) is 19.5. The van der Waals surface area contributed by atoms with E-state index in [1.165, 1.54) is 34.9 Å². The van der Waals surface area contributed by atoms with Crippen molar-refractivity contribution in [2.75, 3.05) is 18.8 Å². The largest absolute Gasteiger partial charge is 0.490 e. The molecule has 0 saturated carbocycles. The summed E-state index contributed by atoms with van der Waals surface area (Å²) >= 11 is 0. The van der Waals surface area contributed by atoms with Crippen LogP contribution in [-0.4, -0.2) is 60.0 Å². The first kappa shape index (κ1) is 32.8. The summed E-state index contributed by atoms with van der Waals surface area (Å²) in [7, 11) is -3.31. The minimum Gasteiger partial charge on any atom is -0.475 e. The van der Waals surface area contributed by atoms with E-state index in [-0.39, 0.29) is 40.7 Å². The van der Waals surface area contributed by atoms with E-state index in [9.17, 15) is 39.6 Å². The molecular weight excluding hydrogens is 594 g/mol. The Morgan fingerprint density at radius 2 is 1.64 bits per heavy atom. The number of hydrogen-bond acceptors (Lipinski definition) is 6. The highest BCUT2D eigenvalue weighted by Crippen LogP contribution is 2.33. The Morgan fingerprint density at radius 3 is 2.17 bits per heavy atom. The fourth-order valence-electron chi connectivity index (χ4n) is 4.26. The number of carbonyl (C=O) groups is 2. The third-order valence-electron chi connectivity index (χ3n) is 6.52. The number of imidazole rings is 1. The molecular formula is C26H28F6N4O5S. The van der Waals surface area contributed by atoms with Crippen molar-refractivity contribution < 1.29 is 49.5 Å². The number of fused-ring (bicyclic) bond motifs is 1.